The molecule has 0 spiro atoms. The van der Waals surface area contributed by atoms with Crippen LogP contribution in [0.1, 0.15) is 118 Å². The molecule has 0 aliphatic heterocycles. The standard InChI is InChI=1S/C40H55ClN2O3/c1-35(2)31-14-17-40(7)32(38(31,5)16-15-33(35)44)13-12-27-28-23-37(4,19-18-36(28,3)20-21-39(27,40)6)34(45)42-24-25-22-30(43-46-25)26-10-8-9-11-29(26)41/h8-12,22,28,31-33,44H,13-21,23-24H2,1-7H3,(H,42,45)/t28-,31?,32-,33+,36-,37+,38+,39-,40-/m1/s1. The van der Waals surface area contributed by atoms with E-state index >= 15 is 0 Å². The first-order chi connectivity index (χ1) is 21.6. The molecular weight excluding hydrogens is 592 g/mol. The lowest BCUT2D eigenvalue weighted by atomic mass is 9.33. The molecule has 7 rings (SSSR count). The molecule has 1 heterocycles. The quantitative estimate of drug-likeness (QED) is 0.324. The van der Waals surface area contributed by atoms with Crippen molar-refractivity contribution in [3.63, 3.8) is 0 Å². The van der Waals surface area contributed by atoms with E-state index in [1.165, 1.54) is 25.7 Å². The van der Waals surface area contributed by atoms with Gasteiger partial charge >= 0.3 is 0 Å². The number of nitrogens with one attached hydrogen (secondary N) is 1. The first-order valence-electron chi connectivity index (χ1n) is 17.9. The van der Waals surface area contributed by atoms with Crippen LogP contribution in [0.4, 0.5) is 0 Å². The molecule has 0 radical (unpaired) electrons. The second-order valence-electron chi connectivity index (χ2n) is 18.0. The number of hydrogen-bond acceptors (Lipinski definition) is 4. The molecule has 4 fully saturated rings. The van der Waals surface area contributed by atoms with E-state index in [0.717, 1.165) is 44.1 Å². The van der Waals surface area contributed by atoms with Gasteiger partial charge < -0.3 is 14.9 Å². The third-order valence-corrected chi connectivity index (χ3v) is 15.8. The summed E-state index contributed by atoms with van der Waals surface area (Å²) in [6, 6.07) is 9.47. The number of hydrogen-bond donors (Lipinski definition) is 2. The van der Waals surface area contributed by atoms with E-state index < -0.39 is 5.41 Å². The Labute approximate surface area is 281 Å². The highest BCUT2D eigenvalue weighted by Crippen LogP contribution is 2.75. The monoisotopic (exact) mass is 646 g/mol. The second kappa shape index (κ2) is 10.7. The minimum absolute atomic E-state index is 0.0369. The van der Waals surface area contributed by atoms with Gasteiger partial charge in [0.1, 0.15) is 5.69 Å². The average Bonchev–Trinajstić information content (AvgIpc) is 3.48. The van der Waals surface area contributed by atoms with E-state index in [0.29, 0.717) is 40.8 Å². The van der Waals surface area contributed by atoms with Crippen molar-refractivity contribution in [2.45, 2.75) is 125 Å². The second-order valence-corrected chi connectivity index (χ2v) is 18.4. The number of aliphatic hydroxyl groups excluding tert-OH is 1. The van der Waals surface area contributed by atoms with Crippen molar-refractivity contribution in [1.82, 2.24) is 10.5 Å². The maximum Gasteiger partial charge on any atom is 0.226 e. The van der Waals surface area contributed by atoms with Crippen molar-refractivity contribution in [3.8, 4) is 11.3 Å². The van der Waals surface area contributed by atoms with Gasteiger partial charge in [0.05, 0.1) is 17.7 Å². The number of nitrogens with zero attached hydrogens (tertiary/aromatic N) is 1. The summed E-state index contributed by atoms with van der Waals surface area (Å²) in [5, 5.41) is 19.1. The largest absolute Gasteiger partial charge is 0.393 e. The van der Waals surface area contributed by atoms with Crippen LogP contribution in [0.3, 0.4) is 0 Å². The first-order valence-corrected chi connectivity index (χ1v) is 18.3. The predicted molar refractivity (Wildman–Crippen MR) is 184 cm³/mol. The van der Waals surface area contributed by atoms with E-state index in [4.69, 9.17) is 16.1 Å². The molecule has 250 valence electrons. The molecule has 5 aliphatic rings. The normalized spacial score (nSPS) is 42.9. The smallest absolute Gasteiger partial charge is 0.226 e. The Morgan fingerprint density at radius 1 is 0.978 bits per heavy atom. The zero-order valence-electron chi connectivity index (χ0n) is 29.1. The van der Waals surface area contributed by atoms with Gasteiger partial charge in [-0.05, 0) is 115 Å². The Morgan fingerprint density at radius 3 is 2.48 bits per heavy atom. The third-order valence-electron chi connectivity index (χ3n) is 15.5. The number of halogens is 1. The van der Waals surface area contributed by atoms with Crippen LogP contribution in [-0.2, 0) is 11.3 Å². The van der Waals surface area contributed by atoms with Crippen LogP contribution < -0.4 is 5.32 Å². The molecule has 0 saturated heterocycles. The summed E-state index contributed by atoms with van der Waals surface area (Å²) < 4.78 is 5.61. The molecule has 2 aromatic rings. The lowest BCUT2D eigenvalue weighted by molar-refractivity contribution is -0.203. The summed E-state index contributed by atoms with van der Waals surface area (Å²) in [5.41, 5.74) is 3.55. The van der Waals surface area contributed by atoms with E-state index in [9.17, 15) is 9.90 Å². The van der Waals surface area contributed by atoms with E-state index in [2.05, 4.69) is 65.0 Å². The fourth-order valence-electron chi connectivity index (χ4n) is 12.1. The lowest BCUT2D eigenvalue weighted by Gasteiger charge is -2.71. The van der Waals surface area contributed by atoms with Gasteiger partial charge in [-0.15, -0.1) is 0 Å². The van der Waals surface area contributed by atoms with Gasteiger partial charge in [0.25, 0.3) is 0 Å². The maximum absolute atomic E-state index is 14.0. The molecule has 6 heteroatoms. The van der Waals surface area contributed by atoms with E-state index in [-0.39, 0.29) is 39.1 Å². The van der Waals surface area contributed by atoms with Crippen LogP contribution in [0.15, 0.2) is 46.5 Å². The van der Waals surface area contributed by atoms with E-state index in [1.54, 1.807) is 5.57 Å². The molecule has 46 heavy (non-hydrogen) atoms. The molecule has 9 atom stereocenters. The van der Waals surface area contributed by atoms with Gasteiger partial charge in [-0.25, -0.2) is 0 Å². The number of allylic oxidation sites excluding steroid dienone is 2. The first kappa shape index (κ1) is 32.4. The van der Waals surface area contributed by atoms with Gasteiger partial charge in [-0.1, -0.05) is 95.1 Å². The number of carbonyl (C=O) groups is 1. The van der Waals surface area contributed by atoms with Gasteiger partial charge in [0.2, 0.25) is 5.91 Å². The number of benzene rings is 1. The maximum atomic E-state index is 14.0. The van der Waals surface area contributed by atoms with E-state index in [1.807, 2.05) is 30.3 Å². The zero-order chi connectivity index (χ0) is 32.9. The number of fused-ring (bicyclic) bond motifs is 7. The number of carbonyl (C=O) groups excluding carboxylic acids is 1. The highest BCUT2D eigenvalue weighted by atomic mass is 35.5. The summed E-state index contributed by atoms with van der Waals surface area (Å²) in [4.78, 5) is 14.0. The van der Waals surface area contributed by atoms with Crippen LogP contribution in [0.5, 0.6) is 0 Å². The van der Waals surface area contributed by atoms with Gasteiger partial charge in [-0.3, -0.25) is 4.79 Å². The number of aromatic nitrogens is 1. The van der Waals surface area contributed by atoms with Crippen LogP contribution in [0, 0.1) is 50.2 Å². The molecule has 4 saturated carbocycles. The Hall–Kier alpha value is -2.11. The Kier molecular flexibility index (Phi) is 7.54. The zero-order valence-corrected chi connectivity index (χ0v) is 29.9. The Morgan fingerprint density at radius 2 is 1.72 bits per heavy atom. The van der Waals surface area contributed by atoms with Crippen molar-refractivity contribution < 1.29 is 14.4 Å². The number of amides is 1. The molecule has 2 N–H and O–H groups in total. The molecule has 5 nitrogen and oxygen atoms in total. The number of aliphatic hydroxyl groups is 1. The Bertz CT molecular complexity index is 1560. The molecule has 1 aromatic heterocycles. The third kappa shape index (κ3) is 4.56. The molecule has 1 aromatic carbocycles. The minimum atomic E-state index is -0.431. The van der Waals surface area contributed by atoms with Gasteiger partial charge in [-0.2, -0.15) is 0 Å². The molecular formula is C40H55ClN2O3. The van der Waals surface area contributed by atoms with Crippen molar-refractivity contribution in [1.29, 1.82) is 0 Å². The molecule has 0 bridgehead atoms. The summed E-state index contributed by atoms with van der Waals surface area (Å²) in [6.07, 6.45) is 13.5. The van der Waals surface area contributed by atoms with Crippen LogP contribution in [-0.4, -0.2) is 22.3 Å². The summed E-state index contributed by atoms with van der Waals surface area (Å²) >= 11 is 6.38. The number of rotatable bonds is 4. The fourth-order valence-corrected chi connectivity index (χ4v) is 12.4. The van der Waals surface area contributed by atoms with Crippen molar-refractivity contribution >= 4 is 17.5 Å². The van der Waals surface area contributed by atoms with Crippen LogP contribution in [0.25, 0.3) is 11.3 Å². The topological polar surface area (TPSA) is 75.4 Å². The highest BCUT2D eigenvalue weighted by molar-refractivity contribution is 6.33. The van der Waals surface area contributed by atoms with Crippen molar-refractivity contribution in [3.05, 3.63) is 52.8 Å². The molecule has 5 aliphatic carbocycles. The van der Waals surface area contributed by atoms with Crippen LogP contribution in [0.2, 0.25) is 5.02 Å². The molecule has 1 amide bonds. The van der Waals surface area contributed by atoms with Gasteiger partial charge in [0, 0.05) is 17.0 Å². The highest BCUT2D eigenvalue weighted by Gasteiger charge is 2.68. The summed E-state index contributed by atoms with van der Waals surface area (Å²) in [7, 11) is 0. The lowest BCUT2D eigenvalue weighted by Crippen LogP contribution is -2.64. The summed E-state index contributed by atoms with van der Waals surface area (Å²) in [5.74, 6) is 2.35. The SMILES string of the molecule is CC1(C)C2CC[C@]3(C)[C@H](CC=C4[C@H]5C[C@@](C)(C(=O)NCc6cc(-c7ccccc7Cl)no6)CC[C@]5(C)CC[C@]43C)[C@@]2(C)CC[C@@H]1O. The van der Waals surface area contributed by atoms with Gasteiger partial charge in [0.15, 0.2) is 5.76 Å². The fraction of sp³-hybridized carbons (Fsp3) is 0.700. The van der Waals surface area contributed by atoms with Crippen LogP contribution >= 0.6 is 11.6 Å². The summed E-state index contributed by atoms with van der Waals surface area (Å²) in [6.45, 7) is 17.5. The predicted octanol–water partition coefficient (Wildman–Crippen LogP) is 9.77. The Balaban J connectivity index is 1.12. The molecule has 1 unspecified atom stereocenters. The van der Waals surface area contributed by atoms with Crippen molar-refractivity contribution in [2.75, 3.05) is 0 Å². The van der Waals surface area contributed by atoms with Crippen molar-refractivity contribution in [2.24, 2.45) is 50.2 Å². The minimum Gasteiger partial charge on any atom is -0.393 e. The average molecular weight is 647 g/mol.